The monoisotopic (exact) mass is 346 g/mol. The highest BCUT2D eigenvalue weighted by atomic mass is 16.5. The van der Waals surface area contributed by atoms with Gasteiger partial charge in [0.2, 0.25) is 5.91 Å². The number of oxazole rings is 1. The maximum absolute atomic E-state index is 12.0. The largest absolute Gasteiger partial charge is 0.419 e. The van der Waals surface area contributed by atoms with Crippen LogP contribution in [0, 0.1) is 5.92 Å². The number of carbonyl (C=O) groups excluding carboxylic acids is 1. The maximum atomic E-state index is 12.0. The number of amides is 1. The molecule has 1 fully saturated rings. The van der Waals surface area contributed by atoms with E-state index < -0.39 is 5.76 Å². The highest BCUT2D eigenvalue weighted by molar-refractivity contribution is 5.76. The summed E-state index contributed by atoms with van der Waals surface area (Å²) in [6.07, 6.45) is 5.43. The molecular weight excluding hydrogens is 320 g/mol. The smallest absolute Gasteiger partial charge is 0.408 e. The molecule has 6 heteroatoms. The molecule has 1 heterocycles. The van der Waals surface area contributed by atoms with Gasteiger partial charge >= 0.3 is 5.76 Å². The number of aryl methyl sites for hydroxylation is 1. The van der Waals surface area contributed by atoms with Crippen molar-refractivity contribution in [1.29, 1.82) is 0 Å². The second kappa shape index (κ2) is 8.34. The number of rotatable bonds is 7. The van der Waals surface area contributed by atoms with Gasteiger partial charge < -0.3 is 14.5 Å². The van der Waals surface area contributed by atoms with Gasteiger partial charge in [0.25, 0.3) is 0 Å². The van der Waals surface area contributed by atoms with Crippen molar-refractivity contribution in [2.45, 2.75) is 51.7 Å². The molecule has 0 saturated heterocycles. The zero-order chi connectivity index (χ0) is 17.6. The van der Waals surface area contributed by atoms with Gasteiger partial charge in [-0.25, -0.2) is 4.79 Å². The lowest BCUT2D eigenvalue weighted by Gasteiger charge is -2.28. The topological polar surface area (TPSA) is 73.5 Å². The summed E-state index contributed by atoms with van der Waals surface area (Å²) in [6, 6.07) is 7.22. The van der Waals surface area contributed by atoms with Crippen LogP contribution in [0.15, 0.2) is 33.5 Å². The Hall–Kier alpha value is -2.08. The standard InChI is InChI=1S/C19H26N2O4/c1-14-6-2-4-8-16(14)24-13-11-20-18(22)10-12-21-15-7-3-5-9-17(15)25-19(21)23/h3,5,7,9,14,16H,2,4,6,8,10-13H2,1H3,(H,20,22)/t14-,16-/m1/s1. The summed E-state index contributed by atoms with van der Waals surface area (Å²) in [6.45, 7) is 3.58. The first kappa shape index (κ1) is 17.7. The lowest BCUT2D eigenvalue weighted by atomic mass is 9.88. The number of carbonyl (C=O) groups is 1. The van der Waals surface area contributed by atoms with Gasteiger partial charge in [0.1, 0.15) is 0 Å². The second-order valence-electron chi connectivity index (χ2n) is 6.76. The maximum Gasteiger partial charge on any atom is 0.419 e. The van der Waals surface area contributed by atoms with Gasteiger partial charge in [-0.3, -0.25) is 9.36 Å². The van der Waals surface area contributed by atoms with Crippen LogP contribution in [0.25, 0.3) is 11.1 Å². The van der Waals surface area contributed by atoms with Gasteiger partial charge in [0.15, 0.2) is 5.58 Å². The molecule has 1 aromatic carbocycles. The van der Waals surface area contributed by atoms with Gasteiger partial charge in [0, 0.05) is 19.5 Å². The molecule has 2 aromatic rings. The van der Waals surface area contributed by atoms with E-state index in [4.69, 9.17) is 9.15 Å². The van der Waals surface area contributed by atoms with Crippen molar-refractivity contribution in [2.75, 3.05) is 13.2 Å². The fourth-order valence-corrected chi connectivity index (χ4v) is 3.46. The Kier molecular flexibility index (Phi) is 5.91. The fourth-order valence-electron chi connectivity index (χ4n) is 3.46. The molecule has 1 aliphatic rings. The van der Waals surface area contributed by atoms with Crippen LogP contribution in [0.2, 0.25) is 0 Å². The lowest BCUT2D eigenvalue weighted by Crippen LogP contribution is -2.32. The minimum atomic E-state index is -0.427. The van der Waals surface area contributed by atoms with Crippen molar-refractivity contribution in [1.82, 2.24) is 9.88 Å². The molecule has 3 rings (SSSR count). The van der Waals surface area contributed by atoms with Crippen molar-refractivity contribution in [3.8, 4) is 0 Å². The molecule has 0 unspecified atom stereocenters. The first-order chi connectivity index (χ1) is 12.1. The predicted octanol–water partition coefficient (Wildman–Crippen LogP) is 2.70. The minimum Gasteiger partial charge on any atom is -0.408 e. The molecular formula is C19H26N2O4. The quantitative estimate of drug-likeness (QED) is 0.782. The third-order valence-electron chi connectivity index (χ3n) is 4.93. The Balaban J connectivity index is 1.41. The number of para-hydroxylation sites is 2. The van der Waals surface area contributed by atoms with Crippen molar-refractivity contribution in [3.05, 3.63) is 34.8 Å². The average molecular weight is 346 g/mol. The van der Waals surface area contributed by atoms with E-state index in [0.29, 0.717) is 37.3 Å². The first-order valence-corrected chi connectivity index (χ1v) is 9.12. The number of nitrogens with zero attached hydrogens (tertiary/aromatic N) is 1. The van der Waals surface area contributed by atoms with Crippen molar-refractivity contribution in [2.24, 2.45) is 5.92 Å². The van der Waals surface area contributed by atoms with Crippen LogP contribution < -0.4 is 11.1 Å². The lowest BCUT2D eigenvalue weighted by molar-refractivity contribution is -0.121. The summed E-state index contributed by atoms with van der Waals surface area (Å²) in [4.78, 5) is 23.9. The number of benzene rings is 1. The Morgan fingerprint density at radius 1 is 1.32 bits per heavy atom. The third kappa shape index (κ3) is 4.51. The summed E-state index contributed by atoms with van der Waals surface area (Å²) in [5.41, 5.74) is 1.26. The summed E-state index contributed by atoms with van der Waals surface area (Å²) >= 11 is 0. The van der Waals surface area contributed by atoms with Crippen LogP contribution in [0.5, 0.6) is 0 Å². The molecule has 0 aliphatic heterocycles. The molecule has 136 valence electrons. The van der Waals surface area contributed by atoms with E-state index in [1.165, 1.54) is 23.8 Å². The molecule has 1 aliphatic carbocycles. The van der Waals surface area contributed by atoms with Gasteiger partial charge in [-0.05, 0) is 30.9 Å². The average Bonchev–Trinajstić information content (AvgIpc) is 2.93. The highest BCUT2D eigenvalue weighted by Gasteiger charge is 2.21. The molecule has 25 heavy (non-hydrogen) atoms. The predicted molar refractivity (Wildman–Crippen MR) is 95.5 cm³/mol. The number of fused-ring (bicyclic) bond motifs is 1. The Morgan fingerprint density at radius 2 is 2.12 bits per heavy atom. The summed E-state index contributed by atoms with van der Waals surface area (Å²) < 4.78 is 12.5. The van der Waals surface area contributed by atoms with E-state index in [-0.39, 0.29) is 12.3 Å². The van der Waals surface area contributed by atoms with Gasteiger partial charge in [-0.2, -0.15) is 0 Å². The molecule has 1 amide bonds. The summed E-state index contributed by atoms with van der Waals surface area (Å²) in [7, 11) is 0. The number of hydrogen-bond donors (Lipinski definition) is 1. The molecule has 1 aromatic heterocycles. The van der Waals surface area contributed by atoms with Crippen LogP contribution in [0.4, 0.5) is 0 Å². The van der Waals surface area contributed by atoms with E-state index >= 15 is 0 Å². The first-order valence-electron chi connectivity index (χ1n) is 9.12. The molecule has 0 bridgehead atoms. The Morgan fingerprint density at radius 3 is 2.96 bits per heavy atom. The molecule has 2 atom stereocenters. The normalized spacial score (nSPS) is 20.7. The molecule has 6 nitrogen and oxygen atoms in total. The van der Waals surface area contributed by atoms with E-state index in [1.807, 2.05) is 18.2 Å². The number of ether oxygens (including phenoxy) is 1. The Labute approximate surface area is 147 Å². The van der Waals surface area contributed by atoms with Crippen LogP contribution in [0.1, 0.15) is 39.0 Å². The fraction of sp³-hybridized carbons (Fsp3) is 0.579. The Bertz CT molecular complexity index is 764. The van der Waals surface area contributed by atoms with E-state index in [0.717, 1.165) is 11.9 Å². The molecule has 0 spiro atoms. The molecule has 0 radical (unpaired) electrons. The van der Waals surface area contributed by atoms with Gasteiger partial charge in [0.05, 0.1) is 18.2 Å². The van der Waals surface area contributed by atoms with Crippen LogP contribution in [-0.4, -0.2) is 29.7 Å². The number of aromatic nitrogens is 1. The summed E-state index contributed by atoms with van der Waals surface area (Å²) in [5, 5.41) is 2.86. The zero-order valence-corrected chi connectivity index (χ0v) is 14.7. The molecule has 1 N–H and O–H groups in total. The number of hydrogen-bond acceptors (Lipinski definition) is 4. The van der Waals surface area contributed by atoms with Crippen LogP contribution in [0.3, 0.4) is 0 Å². The van der Waals surface area contributed by atoms with E-state index in [2.05, 4.69) is 12.2 Å². The van der Waals surface area contributed by atoms with Crippen LogP contribution >= 0.6 is 0 Å². The van der Waals surface area contributed by atoms with E-state index in [9.17, 15) is 9.59 Å². The van der Waals surface area contributed by atoms with Crippen molar-refractivity contribution < 1.29 is 13.9 Å². The third-order valence-corrected chi connectivity index (χ3v) is 4.93. The van der Waals surface area contributed by atoms with Crippen molar-refractivity contribution >= 4 is 17.0 Å². The minimum absolute atomic E-state index is 0.0857. The SMILES string of the molecule is C[C@@H]1CCCC[C@H]1OCCNC(=O)CCn1c(=O)oc2ccccc21. The molecule has 1 saturated carbocycles. The van der Waals surface area contributed by atoms with Gasteiger partial charge in [-0.15, -0.1) is 0 Å². The summed E-state index contributed by atoms with van der Waals surface area (Å²) in [5.74, 6) is 0.0896. The van der Waals surface area contributed by atoms with Crippen LogP contribution in [-0.2, 0) is 16.1 Å². The van der Waals surface area contributed by atoms with E-state index in [1.54, 1.807) is 6.07 Å². The highest BCUT2D eigenvalue weighted by Crippen LogP contribution is 2.25. The van der Waals surface area contributed by atoms with Crippen molar-refractivity contribution in [3.63, 3.8) is 0 Å². The zero-order valence-electron chi connectivity index (χ0n) is 14.7. The van der Waals surface area contributed by atoms with Gasteiger partial charge in [-0.1, -0.05) is 31.9 Å². The second-order valence-corrected chi connectivity index (χ2v) is 6.76. The number of nitrogens with one attached hydrogen (secondary N) is 1.